The van der Waals surface area contributed by atoms with Gasteiger partial charge in [-0.15, -0.1) is 0 Å². The molecule has 0 radical (unpaired) electrons. The zero-order chi connectivity index (χ0) is 15.6. The molecule has 2 aromatic rings. The van der Waals surface area contributed by atoms with Crippen LogP contribution in [0.1, 0.15) is 30.6 Å². The van der Waals surface area contributed by atoms with Crippen LogP contribution in [0.15, 0.2) is 29.2 Å². The summed E-state index contributed by atoms with van der Waals surface area (Å²) in [4.78, 5) is 24.4. The number of carbonyl (C=O) groups is 1. The summed E-state index contributed by atoms with van der Waals surface area (Å²) in [7, 11) is 1.73. The van der Waals surface area contributed by atoms with E-state index in [1.807, 2.05) is 0 Å². The number of aromatic nitrogens is 1. The fourth-order valence-corrected chi connectivity index (χ4v) is 2.20. The first-order valence-corrected chi connectivity index (χ1v) is 6.97. The van der Waals surface area contributed by atoms with E-state index >= 15 is 0 Å². The number of hydrogen-bond acceptors (Lipinski definition) is 2. The largest absolute Gasteiger partial charge is 0.352 e. The van der Waals surface area contributed by atoms with Crippen LogP contribution >= 0.6 is 0 Å². The molecule has 0 aliphatic carbocycles. The number of nitrogens with zero attached hydrogens (tertiary/aromatic N) is 1. The van der Waals surface area contributed by atoms with E-state index in [4.69, 9.17) is 0 Å². The first-order chi connectivity index (χ1) is 9.90. The molecule has 0 fully saturated rings. The number of carbonyl (C=O) groups excluding carboxylic acids is 1. The van der Waals surface area contributed by atoms with Crippen molar-refractivity contribution in [3.05, 3.63) is 46.0 Å². The van der Waals surface area contributed by atoms with Crippen LogP contribution < -0.4 is 10.7 Å². The van der Waals surface area contributed by atoms with E-state index in [-0.39, 0.29) is 10.9 Å². The first kappa shape index (κ1) is 15.2. The third kappa shape index (κ3) is 3.29. The molecule has 2 rings (SSSR count). The molecule has 0 saturated heterocycles. The summed E-state index contributed by atoms with van der Waals surface area (Å²) in [6, 6.07) is 4.00. The molecule has 0 aliphatic rings. The molecule has 21 heavy (non-hydrogen) atoms. The van der Waals surface area contributed by atoms with E-state index in [0.29, 0.717) is 18.0 Å². The molecule has 0 bridgehead atoms. The average molecular weight is 290 g/mol. The van der Waals surface area contributed by atoms with Crippen LogP contribution in [-0.4, -0.2) is 17.0 Å². The number of fused-ring (bicyclic) bond motifs is 1. The van der Waals surface area contributed by atoms with Crippen molar-refractivity contribution in [3.8, 4) is 0 Å². The maximum absolute atomic E-state index is 13.3. The normalized spacial score (nSPS) is 11.1. The van der Waals surface area contributed by atoms with E-state index in [1.54, 1.807) is 11.6 Å². The highest BCUT2D eigenvalue weighted by atomic mass is 19.1. The Morgan fingerprint density at radius 3 is 2.76 bits per heavy atom. The minimum Gasteiger partial charge on any atom is -0.352 e. The second-order valence-electron chi connectivity index (χ2n) is 5.58. The van der Waals surface area contributed by atoms with Gasteiger partial charge in [0.15, 0.2) is 0 Å². The van der Waals surface area contributed by atoms with Gasteiger partial charge in [0.1, 0.15) is 11.4 Å². The first-order valence-electron chi connectivity index (χ1n) is 6.97. The van der Waals surface area contributed by atoms with Crippen LogP contribution in [0.3, 0.4) is 0 Å². The molecule has 1 heterocycles. The molecule has 1 aromatic carbocycles. The van der Waals surface area contributed by atoms with E-state index in [0.717, 1.165) is 6.42 Å². The molecule has 0 unspecified atom stereocenters. The number of benzene rings is 1. The van der Waals surface area contributed by atoms with E-state index in [1.165, 1.54) is 24.4 Å². The second kappa shape index (κ2) is 6.08. The molecule has 5 heteroatoms. The van der Waals surface area contributed by atoms with Crippen molar-refractivity contribution >= 4 is 16.8 Å². The minimum atomic E-state index is -0.489. The van der Waals surface area contributed by atoms with E-state index in [9.17, 15) is 14.0 Å². The highest BCUT2D eigenvalue weighted by Crippen LogP contribution is 2.12. The van der Waals surface area contributed by atoms with Crippen molar-refractivity contribution in [1.82, 2.24) is 9.88 Å². The third-order valence-electron chi connectivity index (χ3n) is 3.40. The fourth-order valence-electron chi connectivity index (χ4n) is 2.20. The molecule has 0 atom stereocenters. The molecule has 1 amide bonds. The average Bonchev–Trinajstić information content (AvgIpc) is 2.42. The lowest BCUT2D eigenvalue weighted by molar-refractivity contribution is 0.0950. The van der Waals surface area contributed by atoms with Gasteiger partial charge in [-0.3, -0.25) is 9.59 Å². The maximum atomic E-state index is 13.3. The monoisotopic (exact) mass is 290 g/mol. The summed E-state index contributed by atoms with van der Waals surface area (Å²) >= 11 is 0. The Morgan fingerprint density at radius 2 is 2.10 bits per heavy atom. The summed E-state index contributed by atoms with van der Waals surface area (Å²) in [6.07, 6.45) is 2.33. The molecule has 112 valence electrons. The van der Waals surface area contributed by atoms with Gasteiger partial charge in [0.05, 0.1) is 5.52 Å². The fraction of sp³-hybridized carbons (Fsp3) is 0.375. The van der Waals surface area contributed by atoms with Gasteiger partial charge < -0.3 is 9.88 Å². The van der Waals surface area contributed by atoms with Crippen LogP contribution in [0.4, 0.5) is 4.39 Å². The molecular formula is C16H19FN2O2. The molecule has 0 aliphatic heterocycles. The number of amides is 1. The number of aryl methyl sites for hydroxylation is 1. The number of pyridine rings is 1. The van der Waals surface area contributed by atoms with Crippen LogP contribution in [0.5, 0.6) is 0 Å². The van der Waals surface area contributed by atoms with Crippen molar-refractivity contribution in [2.45, 2.75) is 20.3 Å². The molecule has 1 aromatic heterocycles. The highest BCUT2D eigenvalue weighted by Gasteiger charge is 2.14. The van der Waals surface area contributed by atoms with Gasteiger partial charge in [-0.1, -0.05) is 13.8 Å². The Morgan fingerprint density at radius 1 is 1.38 bits per heavy atom. The van der Waals surface area contributed by atoms with Crippen molar-refractivity contribution < 1.29 is 9.18 Å². The maximum Gasteiger partial charge on any atom is 0.256 e. The zero-order valence-corrected chi connectivity index (χ0v) is 12.4. The van der Waals surface area contributed by atoms with Crippen LogP contribution in [-0.2, 0) is 7.05 Å². The number of hydrogen-bond donors (Lipinski definition) is 1. The van der Waals surface area contributed by atoms with Crippen LogP contribution in [0.25, 0.3) is 10.9 Å². The van der Waals surface area contributed by atoms with Gasteiger partial charge in [-0.2, -0.15) is 0 Å². The Labute approximate surface area is 122 Å². The van der Waals surface area contributed by atoms with Crippen LogP contribution in [0.2, 0.25) is 0 Å². The lowest BCUT2D eigenvalue weighted by atomic mass is 10.1. The second-order valence-corrected chi connectivity index (χ2v) is 5.58. The molecule has 1 N–H and O–H groups in total. The van der Waals surface area contributed by atoms with Gasteiger partial charge in [0.2, 0.25) is 5.43 Å². The van der Waals surface area contributed by atoms with Crippen molar-refractivity contribution in [1.29, 1.82) is 0 Å². The quantitative estimate of drug-likeness (QED) is 0.940. The molecular weight excluding hydrogens is 271 g/mol. The molecule has 4 nitrogen and oxygen atoms in total. The smallest absolute Gasteiger partial charge is 0.256 e. The Kier molecular flexibility index (Phi) is 4.40. The van der Waals surface area contributed by atoms with Crippen LogP contribution in [0, 0.1) is 11.7 Å². The third-order valence-corrected chi connectivity index (χ3v) is 3.40. The number of nitrogens with one attached hydrogen (secondary N) is 1. The molecule has 0 saturated carbocycles. The summed E-state index contributed by atoms with van der Waals surface area (Å²) in [5.41, 5.74) is 0.198. The summed E-state index contributed by atoms with van der Waals surface area (Å²) in [6.45, 7) is 4.63. The topological polar surface area (TPSA) is 51.1 Å². The Hall–Kier alpha value is -2.17. The van der Waals surface area contributed by atoms with E-state index < -0.39 is 17.2 Å². The Bertz CT molecular complexity index is 735. The number of rotatable bonds is 4. The predicted molar refractivity (Wildman–Crippen MR) is 80.9 cm³/mol. The lowest BCUT2D eigenvalue weighted by Crippen LogP contribution is -2.30. The van der Waals surface area contributed by atoms with Gasteiger partial charge in [0, 0.05) is 25.2 Å². The van der Waals surface area contributed by atoms with Gasteiger partial charge in [0.25, 0.3) is 5.91 Å². The van der Waals surface area contributed by atoms with Crippen molar-refractivity contribution in [2.24, 2.45) is 13.0 Å². The standard InChI is InChI=1S/C16H19FN2O2/c1-10(2)6-7-18-16(21)13-9-19(3)14-5-4-11(17)8-12(14)15(13)20/h4-5,8-10H,6-7H2,1-3H3,(H,18,21). The number of halogens is 1. The zero-order valence-electron chi connectivity index (χ0n) is 12.4. The Balaban J connectivity index is 2.38. The summed E-state index contributed by atoms with van der Waals surface area (Å²) < 4.78 is 15.0. The van der Waals surface area contributed by atoms with Gasteiger partial charge in [-0.05, 0) is 30.5 Å². The van der Waals surface area contributed by atoms with Crippen molar-refractivity contribution in [3.63, 3.8) is 0 Å². The lowest BCUT2D eigenvalue weighted by Gasteiger charge is -2.10. The summed E-state index contributed by atoms with van der Waals surface area (Å²) in [5.74, 6) is -0.432. The summed E-state index contributed by atoms with van der Waals surface area (Å²) in [5, 5.41) is 2.95. The highest BCUT2D eigenvalue weighted by molar-refractivity contribution is 5.97. The van der Waals surface area contributed by atoms with E-state index in [2.05, 4.69) is 19.2 Å². The van der Waals surface area contributed by atoms with Crippen molar-refractivity contribution in [2.75, 3.05) is 6.54 Å². The van der Waals surface area contributed by atoms with Gasteiger partial charge in [-0.25, -0.2) is 4.39 Å². The predicted octanol–water partition coefficient (Wildman–Crippen LogP) is 2.45. The SMILES string of the molecule is CC(C)CCNC(=O)c1cn(C)c2ccc(F)cc2c1=O. The van der Waals surface area contributed by atoms with Gasteiger partial charge >= 0.3 is 0 Å². The molecule has 0 spiro atoms. The minimum absolute atomic E-state index is 0.0411.